The smallest absolute Gasteiger partial charge is 0.211 e. The summed E-state index contributed by atoms with van der Waals surface area (Å²) in [5.41, 5.74) is 0.673. The van der Waals surface area contributed by atoms with Crippen molar-refractivity contribution in [1.29, 1.82) is 0 Å². The topological polar surface area (TPSA) is 88.3 Å². The molecule has 0 aromatic heterocycles. The zero-order chi connectivity index (χ0) is 14.1. The van der Waals surface area contributed by atoms with E-state index in [0.717, 1.165) is 5.56 Å². The molecule has 0 radical (unpaired) electrons. The van der Waals surface area contributed by atoms with Gasteiger partial charge >= 0.3 is 0 Å². The monoisotopic (exact) mass is 257 g/mol. The van der Waals surface area contributed by atoms with E-state index in [1.54, 1.807) is 24.3 Å². The molecule has 0 N–H and O–H groups in total. The number of benzene rings is 1. The summed E-state index contributed by atoms with van der Waals surface area (Å²) in [6.07, 6.45) is 4.38. The maximum Gasteiger partial charge on any atom is 0.240 e. The lowest BCUT2D eigenvalue weighted by Gasteiger charge is -2.25. The van der Waals surface area contributed by atoms with Gasteiger partial charge in [0.1, 0.15) is 0 Å². The third-order valence-corrected chi connectivity index (χ3v) is 2.72. The predicted octanol–water partition coefficient (Wildman–Crippen LogP) is 1.58. The Kier molecular flexibility index (Phi) is 5.27. The second-order valence-electron chi connectivity index (χ2n) is 4.13. The molecule has 0 saturated heterocycles. The number of isocyanates is 3. The Morgan fingerprint density at radius 2 is 1.47 bits per heavy atom. The molecule has 1 rings (SSSR count). The van der Waals surface area contributed by atoms with Gasteiger partial charge in [0, 0.05) is 5.41 Å². The maximum atomic E-state index is 10.2. The molecule has 0 amide bonds. The number of nitrogens with zero attached hydrogens (tertiary/aromatic N) is 3. The van der Waals surface area contributed by atoms with Crippen LogP contribution in [0.3, 0.4) is 0 Å². The Labute approximate surface area is 109 Å². The van der Waals surface area contributed by atoms with Gasteiger partial charge in [-0.15, -0.1) is 0 Å². The first kappa shape index (κ1) is 14.4. The highest BCUT2D eigenvalue weighted by Gasteiger charge is 2.26. The largest absolute Gasteiger partial charge is 0.240 e. The summed E-state index contributed by atoms with van der Waals surface area (Å²) in [5, 5.41) is 0. The highest BCUT2D eigenvalue weighted by Crippen LogP contribution is 2.26. The minimum absolute atomic E-state index is 0.151. The van der Waals surface area contributed by atoms with Crippen LogP contribution >= 0.6 is 0 Å². The van der Waals surface area contributed by atoms with Gasteiger partial charge in [-0.3, -0.25) is 0 Å². The maximum absolute atomic E-state index is 10.2. The standard InChI is InChI=1S/C13H11N3O3/c1-13(6-14-8-17,7-15-9-18)11-2-4-12(5-3-11)16-10-19/h2-5H,6-7H2,1H3. The molecule has 0 aliphatic rings. The van der Waals surface area contributed by atoms with Crippen LogP contribution in [-0.4, -0.2) is 31.3 Å². The van der Waals surface area contributed by atoms with Crippen molar-refractivity contribution < 1.29 is 14.4 Å². The first-order valence-electron chi connectivity index (χ1n) is 5.42. The number of carbonyl (C=O) groups excluding carboxylic acids is 3. The third-order valence-electron chi connectivity index (χ3n) is 2.72. The fourth-order valence-electron chi connectivity index (χ4n) is 1.64. The quantitative estimate of drug-likeness (QED) is 0.572. The molecular weight excluding hydrogens is 246 g/mol. The van der Waals surface area contributed by atoms with Gasteiger partial charge in [0.05, 0.1) is 18.8 Å². The van der Waals surface area contributed by atoms with E-state index in [-0.39, 0.29) is 13.1 Å². The van der Waals surface area contributed by atoms with Crippen molar-refractivity contribution in [2.24, 2.45) is 15.0 Å². The molecule has 1 aromatic rings. The van der Waals surface area contributed by atoms with Crippen molar-refractivity contribution in [2.45, 2.75) is 12.3 Å². The van der Waals surface area contributed by atoms with Crippen molar-refractivity contribution in [3.63, 3.8) is 0 Å². The van der Waals surface area contributed by atoms with Gasteiger partial charge in [-0.05, 0) is 17.7 Å². The van der Waals surface area contributed by atoms with Crippen molar-refractivity contribution in [3.05, 3.63) is 29.8 Å². The Balaban J connectivity index is 3.11. The molecule has 96 valence electrons. The summed E-state index contributed by atoms with van der Waals surface area (Å²) >= 11 is 0. The highest BCUT2D eigenvalue weighted by atomic mass is 16.1. The molecular formula is C13H11N3O3. The molecule has 0 aliphatic carbocycles. The second-order valence-corrected chi connectivity index (χ2v) is 4.13. The van der Waals surface area contributed by atoms with Gasteiger partial charge < -0.3 is 0 Å². The van der Waals surface area contributed by atoms with Crippen LogP contribution in [0.1, 0.15) is 12.5 Å². The van der Waals surface area contributed by atoms with Crippen molar-refractivity contribution in [1.82, 2.24) is 0 Å². The van der Waals surface area contributed by atoms with Crippen LogP contribution in [0.4, 0.5) is 5.69 Å². The summed E-state index contributed by atoms with van der Waals surface area (Å²) < 4.78 is 0. The fourth-order valence-corrected chi connectivity index (χ4v) is 1.64. The van der Waals surface area contributed by atoms with E-state index in [1.165, 1.54) is 18.2 Å². The van der Waals surface area contributed by atoms with E-state index in [0.29, 0.717) is 5.69 Å². The Morgan fingerprint density at radius 1 is 0.947 bits per heavy atom. The number of hydrogen-bond donors (Lipinski definition) is 0. The molecule has 6 nitrogen and oxygen atoms in total. The van der Waals surface area contributed by atoms with E-state index < -0.39 is 5.41 Å². The minimum Gasteiger partial charge on any atom is -0.211 e. The van der Waals surface area contributed by atoms with Crippen LogP contribution in [0.15, 0.2) is 39.2 Å². The van der Waals surface area contributed by atoms with Gasteiger partial charge in [-0.25, -0.2) is 24.4 Å². The molecule has 0 spiro atoms. The first-order chi connectivity index (χ1) is 9.16. The molecule has 0 atom stereocenters. The number of hydrogen-bond acceptors (Lipinski definition) is 6. The van der Waals surface area contributed by atoms with E-state index in [1.807, 2.05) is 6.92 Å². The van der Waals surface area contributed by atoms with E-state index >= 15 is 0 Å². The molecule has 19 heavy (non-hydrogen) atoms. The molecule has 0 bridgehead atoms. The van der Waals surface area contributed by atoms with E-state index in [4.69, 9.17) is 0 Å². The lowest BCUT2D eigenvalue weighted by atomic mass is 9.82. The molecule has 0 unspecified atom stereocenters. The van der Waals surface area contributed by atoms with Gasteiger partial charge in [-0.1, -0.05) is 19.1 Å². The van der Waals surface area contributed by atoms with Crippen LogP contribution in [0.5, 0.6) is 0 Å². The SMILES string of the molecule is CC(CN=C=O)(CN=C=O)c1ccc(N=C=O)cc1. The first-order valence-corrected chi connectivity index (χ1v) is 5.42. The normalized spacial score (nSPS) is 12.3. The molecule has 0 fully saturated rings. The van der Waals surface area contributed by atoms with Crippen molar-refractivity contribution in [3.8, 4) is 0 Å². The Hall–Kier alpha value is -2.64. The Morgan fingerprint density at radius 3 is 1.89 bits per heavy atom. The van der Waals surface area contributed by atoms with Gasteiger partial charge in [-0.2, -0.15) is 4.99 Å². The van der Waals surface area contributed by atoms with Crippen LogP contribution in [0.2, 0.25) is 0 Å². The van der Waals surface area contributed by atoms with E-state index in [2.05, 4.69) is 15.0 Å². The summed E-state index contributed by atoms with van der Waals surface area (Å²) in [5.74, 6) is 0. The molecule has 1 aromatic carbocycles. The van der Waals surface area contributed by atoms with Crippen LogP contribution < -0.4 is 0 Å². The lowest BCUT2D eigenvalue weighted by Crippen LogP contribution is -2.29. The van der Waals surface area contributed by atoms with Crippen LogP contribution in [0.25, 0.3) is 0 Å². The predicted molar refractivity (Wildman–Crippen MR) is 67.6 cm³/mol. The van der Waals surface area contributed by atoms with Crippen LogP contribution in [0, 0.1) is 0 Å². The molecule has 6 heteroatoms. The van der Waals surface area contributed by atoms with E-state index in [9.17, 15) is 14.4 Å². The molecule has 0 heterocycles. The van der Waals surface area contributed by atoms with Crippen molar-refractivity contribution in [2.75, 3.05) is 13.1 Å². The number of rotatable bonds is 6. The molecule has 0 saturated carbocycles. The molecule has 0 aliphatic heterocycles. The van der Waals surface area contributed by atoms with Crippen LogP contribution in [-0.2, 0) is 19.8 Å². The average molecular weight is 257 g/mol. The highest BCUT2D eigenvalue weighted by molar-refractivity contribution is 5.50. The van der Waals surface area contributed by atoms with Gasteiger partial charge in [0.25, 0.3) is 0 Å². The second kappa shape index (κ2) is 6.94. The average Bonchev–Trinajstić information content (AvgIpc) is 2.44. The fraction of sp³-hybridized carbons (Fsp3) is 0.308. The Bertz CT molecular complexity index is 556. The van der Waals surface area contributed by atoms with Gasteiger partial charge in [0.2, 0.25) is 18.2 Å². The minimum atomic E-state index is -0.613. The zero-order valence-corrected chi connectivity index (χ0v) is 10.3. The third kappa shape index (κ3) is 3.95. The summed E-state index contributed by atoms with van der Waals surface area (Å²) in [6, 6.07) is 6.73. The summed E-state index contributed by atoms with van der Waals surface area (Å²) in [7, 11) is 0. The lowest BCUT2D eigenvalue weighted by molar-refractivity contribution is 0.488. The number of aliphatic imine (C=N–C) groups is 3. The summed E-state index contributed by atoms with van der Waals surface area (Å²) in [6.45, 7) is 2.11. The zero-order valence-electron chi connectivity index (χ0n) is 10.3. The summed E-state index contributed by atoms with van der Waals surface area (Å²) in [4.78, 5) is 41.2. The van der Waals surface area contributed by atoms with Crippen molar-refractivity contribution >= 4 is 23.9 Å². The van der Waals surface area contributed by atoms with Gasteiger partial charge in [0.15, 0.2) is 0 Å².